The molecule has 8 nitrogen and oxygen atoms in total. The van der Waals surface area contributed by atoms with E-state index >= 15 is 0 Å². The molecule has 0 radical (unpaired) electrons. The quantitative estimate of drug-likeness (QED) is 0.649. The van der Waals surface area contributed by atoms with Crippen LogP contribution in [-0.2, 0) is 9.84 Å². The number of rotatable bonds is 3. The van der Waals surface area contributed by atoms with Crippen molar-refractivity contribution in [3.05, 3.63) is 53.2 Å². The lowest BCUT2D eigenvalue weighted by molar-refractivity contribution is 0.567. The third-order valence-electron chi connectivity index (χ3n) is 4.71. The van der Waals surface area contributed by atoms with Gasteiger partial charge in [0.2, 0.25) is 0 Å². The minimum absolute atomic E-state index is 0.0260. The molecule has 1 aliphatic rings. The minimum atomic E-state index is -3.52. The molecule has 3 heterocycles. The molecule has 0 amide bonds. The van der Waals surface area contributed by atoms with E-state index in [4.69, 9.17) is 17.3 Å². The summed E-state index contributed by atoms with van der Waals surface area (Å²) < 4.78 is 39.1. The van der Waals surface area contributed by atoms with Gasteiger partial charge in [0.1, 0.15) is 28.7 Å². The number of pyridine rings is 1. The molecular formula is C18H16ClFN6O2S. The van der Waals surface area contributed by atoms with Gasteiger partial charge in [-0.15, -0.1) is 0 Å². The summed E-state index contributed by atoms with van der Waals surface area (Å²) in [4.78, 5) is 16.7. The van der Waals surface area contributed by atoms with Gasteiger partial charge in [-0.25, -0.2) is 27.8 Å². The number of aromatic nitrogens is 3. The molecule has 29 heavy (non-hydrogen) atoms. The monoisotopic (exact) mass is 434 g/mol. The highest BCUT2D eigenvalue weighted by molar-refractivity contribution is 7.92. The average Bonchev–Trinajstić information content (AvgIpc) is 2.67. The van der Waals surface area contributed by atoms with Crippen molar-refractivity contribution in [2.24, 2.45) is 10.7 Å². The molecule has 0 fully saturated rings. The number of benzene rings is 1. The fourth-order valence-corrected chi connectivity index (χ4v) is 4.62. The van der Waals surface area contributed by atoms with E-state index in [0.29, 0.717) is 27.6 Å². The molecule has 3 aromatic rings. The lowest BCUT2D eigenvalue weighted by atomic mass is 10.1. The van der Waals surface area contributed by atoms with Crippen LogP contribution >= 0.6 is 11.6 Å². The molecule has 0 saturated heterocycles. The number of fused-ring (bicyclic) bond motifs is 1. The van der Waals surface area contributed by atoms with Crippen LogP contribution in [0.15, 0.2) is 41.8 Å². The maximum atomic E-state index is 14.5. The molecule has 11 heteroatoms. The van der Waals surface area contributed by atoms with E-state index < -0.39 is 26.9 Å². The van der Waals surface area contributed by atoms with Crippen molar-refractivity contribution in [1.29, 1.82) is 0 Å². The number of aliphatic imine (C=N–C) groups is 1. The number of halogens is 2. The summed E-state index contributed by atoms with van der Waals surface area (Å²) in [6, 6.07) is 4.97. The predicted molar refractivity (Wildman–Crippen MR) is 110 cm³/mol. The third kappa shape index (κ3) is 3.73. The fourth-order valence-electron chi connectivity index (χ4n) is 3.05. The lowest BCUT2D eigenvalue weighted by Gasteiger charge is -2.24. The SMILES string of the molecule is CC1C(N)=NC(c2cc(Nc3ncnc4cc(Cl)cnc34)ccc2F)CS1(=O)=O. The second-order valence-electron chi connectivity index (χ2n) is 6.65. The number of hydrogen-bond acceptors (Lipinski definition) is 8. The Kier molecular flexibility index (Phi) is 4.83. The first-order valence-electron chi connectivity index (χ1n) is 8.62. The summed E-state index contributed by atoms with van der Waals surface area (Å²) >= 11 is 5.94. The first-order valence-corrected chi connectivity index (χ1v) is 10.7. The van der Waals surface area contributed by atoms with Crippen LogP contribution in [-0.4, -0.2) is 40.2 Å². The smallest absolute Gasteiger partial charge is 0.162 e. The Morgan fingerprint density at radius 1 is 1.24 bits per heavy atom. The summed E-state index contributed by atoms with van der Waals surface area (Å²) in [7, 11) is -3.52. The summed E-state index contributed by atoms with van der Waals surface area (Å²) in [5.74, 6) is -0.510. The molecule has 3 N–H and O–H groups in total. The van der Waals surface area contributed by atoms with Gasteiger partial charge >= 0.3 is 0 Å². The standard InChI is InChI=1S/C18H16ClFN6O2S/c1-9-17(21)26-15(7-29(9,27)28)12-5-11(2-3-13(12)20)25-18-16-14(23-8-24-18)4-10(19)6-22-16/h2-6,8-9,15H,7H2,1H3,(H2,21,26)(H,23,24,25). The average molecular weight is 435 g/mol. The van der Waals surface area contributed by atoms with Crippen molar-refractivity contribution in [2.45, 2.75) is 18.2 Å². The van der Waals surface area contributed by atoms with E-state index in [-0.39, 0.29) is 17.2 Å². The van der Waals surface area contributed by atoms with Gasteiger partial charge in [0.25, 0.3) is 0 Å². The zero-order valence-electron chi connectivity index (χ0n) is 15.2. The van der Waals surface area contributed by atoms with Crippen molar-refractivity contribution < 1.29 is 12.8 Å². The van der Waals surface area contributed by atoms with Gasteiger partial charge in [-0.05, 0) is 31.2 Å². The zero-order valence-corrected chi connectivity index (χ0v) is 16.7. The van der Waals surface area contributed by atoms with Crippen LogP contribution in [0.2, 0.25) is 5.02 Å². The van der Waals surface area contributed by atoms with Crippen LogP contribution in [0.4, 0.5) is 15.9 Å². The van der Waals surface area contributed by atoms with E-state index in [0.717, 1.165) is 0 Å². The van der Waals surface area contributed by atoms with Crippen LogP contribution in [0, 0.1) is 5.82 Å². The Balaban J connectivity index is 1.72. The minimum Gasteiger partial charge on any atom is -0.386 e. The van der Waals surface area contributed by atoms with E-state index in [1.165, 1.54) is 37.6 Å². The summed E-state index contributed by atoms with van der Waals surface area (Å²) in [6.07, 6.45) is 2.83. The largest absolute Gasteiger partial charge is 0.386 e. The number of sulfone groups is 1. The second kappa shape index (κ2) is 7.20. The number of anilines is 2. The van der Waals surface area contributed by atoms with Crippen molar-refractivity contribution in [3.63, 3.8) is 0 Å². The molecule has 1 aromatic carbocycles. The van der Waals surface area contributed by atoms with Crippen LogP contribution in [0.5, 0.6) is 0 Å². The second-order valence-corrected chi connectivity index (χ2v) is 9.45. The maximum Gasteiger partial charge on any atom is 0.162 e. The number of nitrogens with two attached hydrogens (primary N) is 1. The molecule has 4 rings (SSSR count). The van der Waals surface area contributed by atoms with Gasteiger partial charge in [-0.2, -0.15) is 0 Å². The molecule has 1 aliphatic heterocycles. The summed E-state index contributed by atoms with van der Waals surface area (Å²) in [6.45, 7) is 1.47. The highest BCUT2D eigenvalue weighted by Gasteiger charge is 2.34. The maximum absolute atomic E-state index is 14.5. The van der Waals surface area contributed by atoms with Gasteiger partial charge in [-0.1, -0.05) is 11.6 Å². The molecule has 2 aromatic heterocycles. The van der Waals surface area contributed by atoms with Gasteiger partial charge < -0.3 is 11.1 Å². The Labute approximate surface area is 171 Å². The lowest BCUT2D eigenvalue weighted by Crippen LogP contribution is -2.40. The molecule has 0 bridgehead atoms. The molecule has 0 aliphatic carbocycles. The Morgan fingerprint density at radius 2 is 2.03 bits per heavy atom. The predicted octanol–water partition coefficient (Wildman–Crippen LogP) is 2.78. The number of hydrogen-bond donors (Lipinski definition) is 2. The van der Waals surface area contributed by atoms with Crippen molar-refractivity contribution in [3.8, 4) is 0 Å². The van der Waals surface area contributed by atoms with Crippen LogP contribution in [0.1, 0.15) is 18.5 Å². The molecule has 150 valence electrons. The Hall–Kier alpha value is -2.85. The van der Waals surface area contributed by atoms with Gasteiger partial charge in [0.15, 0.2) is 15.7 Å². The zero-order chi connectivity index (χ0) is 20.8. The highest BCUT2D eigenvalue weighted by atomic mass is 35.5. The van der Waals surface area contributed by atoms with Gasteiger partial charge in [-0.3, -0.25) is 4.99 Å². The molecule has 2 unspecified atom stereocenters. The van der Waals surface area contributed by atoms with Crippen LogP contribution in [0.3, 0.4) is 0 Å². The molecular weight excluding hydrogens is 419 g/mol. The fraction of sp³-hybridized carbons (Fsp3) is 0.222. The van der Waals surface area contributed by atoms with E-state index in [9.17, 15) is 12.8 Å². The molecule has 0 spiro atoms. The molecule has 2 atom stereocenters. The van der Waals surface area contributed by atoms with Crippen LogP contribution < -0.4 is 11.1 Å². The van der Waals surface area contributed by atoms with Crippen molar-refractivity contribution >= 4 is 49.8 Å². The van der Waals surface area contributed by atoms with E-state index in [1.54, 1.807) is 6.07 Å². The molecule has 0 saturated carbocycles. The van der Waals surface area contributed by atoms with Crippen molar-refractivity contribution in [1.82, 2.24) is 15.0 Å². The van der Waals surface area contributed by atoms with E-state index in [2.05, 4.69) is 25.3 Å². The highest BCUT2D eigenvalue weighted by Crippen LogP contribution is 2.31. The van der Waals surface area contributed by atoms with Crippen molar-refractivity contribution in [2.75, 3.05) is 11.1 Å². The van der Waals surface area contributed by atoms with Gasteiger partial charge in [0.05, 0.1) is 22.3 Å². The van der Waals surface area contributed by atoms with E-state index in [1.807, 2.05) is 0 Å². The summed E-state index contributed by atoms with van der Waals surface area (Å²) in [5, 5.41) is 2.62. The first kappa shape index (κ1) is 19.5. The Morgan fingerprint density at radius 3 is 2.79 bits per heavy atom. The Bertz CT molecular complexity index is 1250. The summed E-state index contributed by atoms with van der Waals surface area (Å²) in [5.41, 5.74) is 7.41. The number of nitrogens with zero attached hydrogens (tertiary/aromatic N) is 4. The van der Waals surface area contributed by atoms with Crippen LogP contribution in [0.25, 0.3) is 11.0 Å². The number of nitrogens with one attached hydrogen (secondary N) is 1. The third-order valence-corrected chi connectivity index (χ3v) is 7.02. The topological polar surface area (TPSA) is 123 Å². The number of amidine groups is 1. The normalized spacial score (nSPS) is 21.0. The van der Waals surface area contributed by atoms with Gasteiger partial charge in [0, 0.05) is 17.4 Å². The first-order chi connectivity index (χ1) is 13.7.